The number of halogens is 4. The van der Waals surface area contributed by atoms with Crippen molar-refractivity contribution in [3.63, 3.8) is 0 Å². The molecular formula is C27H25F3IN3O7. The van der Waals surface area contributed by atoms with Gasteiger partial charge in [-0.3, -0.25) is 14.9 Å². The van der Waals surface area contributed by atoms with Gasteiger partial charge in [0.15, 0.2) is 23.0 Å². The Morgan fingerprint density at radius 2 is 1.59 bits per heavy atom. The molecule has 0 spiro atoms. The van der Waals surface area contributed by atoms with E-state index in [2.05, 4.69) is 10.5 Å². The largest absolute Gasteiger partial charge is 0.490 e. The minimum absolute atomic E-state index is 0.0642. The minimum Gasteiger partial charge on any atom is -0.490 e. The Kier molecular flexibility index (Phi) is 10.7. The van der Waals surface area contributed by atoms with E-state index in [1.807, 2.05) is 36.4 Å². The summed E-state index contributed by atoms with van der Waals surface area (Å²) in [5, 5.41) is 15.5. The second-order valence-corrected chi connectivity index (χ2v) is 9.19. The molecule has 14 heteroatoms. The summed E-state index contributed by atoms with van der Waals surface area (Å²) in [5.41, 5.74) is 1.17. The lowest BCUT2D eigenvalue weighted by molar-refractivity contribution is -0.385. The maximum absolute atomic E-state index is 13.1. The average molecular weight is 687 g/mol. The Morgan fingerprint density at radius 3 is 2.22 bits per heavy atom. The lowest BCUT2D eigenvalue weighted by Gasteiger charge is -2.15. The van der Waals surface area contributed by atoms with Crippen LogP contribution in [-0.2, 0) is 6.18 Å². The van der Waals surface area contributed by atoms with E-state index in [0.717, 1.165) is 6.07 Å². The number of nitro benzene ring substituents is 1. The van der Waals surface area contributed by atoms with Crippen LogP contribution >= 0.6 is 22.6 Å². The highest BCUT2D eigenvalue weighted by atomic mass is 127. The number of carbonyl (C=O) groups is 1. The Bertz CT molecular complexity index is 1450. The zero-order chi connectivity index (χ0) is 30.2. The monoisotopic (exact) mass is 687 g/mol. The van der Waals surface area contributed by atoms with Crippen molar-refractivity contribution in [2.24, 2.45) is 5.10 Å². The Balaban J connectivity index is 1.84. The van der Waals surface area contributed by atoms with E-state index in [1.165, 1.54) is 12.3 Å². The fraction of sp³-hybridized carbons (Fsp3) is 0.259. The van der Waals surface area contributed by atoms with E-state index < -0.39 is 34.0 Å². The second-order valence-electron chi connectivity index (χ2n) is 8.03. The molecule has 0 radical (unpaired) electrons. The number of ether oxygens (including phenoxy) is 4. The molecule has 0 unspecified atom stereocenters. The number of carbonyl (C=O) groups excluding carboxylic acids is 1. The van der Waals surface area contributed by atoms with E-state index in [-0.39, 0.29) is 18.1 Å². The molecule has 0 atom stereocenters. The van der Waals surface area contributed by atoms with Gasteiger partial charge in [0.05, 0.1) is 40.1 Å². The molecule has 1 amide bonds. The van der Waals surface area contributed by atoms with Crippen molar-refractivity contribution in [2.75, 3.05) is 19.8 Å². The van der Waals surface area contributed by atoms with Gasteiger partial charge in [-0.1, -0.05) is 0 Å². The summed E-state index contributed by atoms with van der Waals surface area (Å²) < 4.78 is 62.0. The van der Waals surface area contributed by atoms with Crippen LogP contribution in [0.15, 0.2) is 53.6 Å². The Labute approximate surface area is 246 Å². The molecule has 0 heterocycles. The maximum Gasteiger partial charge on any atom is 0.416 e. The van der Waals surface area contributed by atoms with Crippen molar-refractivity contribution in [1.29, 1.82) is 0 Å². The molecule has 0 saturated carbocycles. The third kappa shape index (κ3) is 8.22. The number of amides is 1. The molecule has 0 aliphatic rings. The van der Waals surface area contributed by atoms with Crippen molar-refractivity contribution < 1.29 is 41.8 Å². The van der Waals surface area contributed by atoms with Crippen LogP contribution in [0.1, 0.15) is 42.3 Å². The Hall–Kier alpha value is -4.08. The molecule has 0 fully saturated rings. The van der Waals surface area contributed by atoms with Crippen LogP contribution in [0.2, 0.25) is 0 Å². The standard InChI is InChI=1S/C27H25F3IN3O7/c1-4-38-22-9-7-17(13-23(22)39-5-2)26(35)33-32-15-16-11-19(31)25(24(12-16)40-6-3)41-21-10-8-18(27(28,29)30)14-20(21)34(36)37/h7-15H,4-6H2,1-3H3,(H,33,35)/b32-15+. The van der Waals surface area contributed by atoms with Crippen molar-refractivity contribution in [2.45, 2.75) is 26.9 Å². The Morgan fingerprint density at radius 1 is 0.951 bits per heavy atom. The lowest BCUT2D eigenvalue weighted by Crippen LogP contribution is -2.17. The summed E-state index contributed by atoms with van der Waals surface area (Å²) in [6.45, 7) is 6.36. The molecule has 0 aliphatic carbocycles. The number of hydrogen-bond acceptors (Lipinski definition) is 8. The van der Waals surface area contributed by atoms with Crippen LogP contribution in [0.5, 0.6) is 28.7 Å². The summed E-state index contributed by atoms with van der Waals surface area (Å²) >= 11 is 1.89. The highest BCUT2D eigenvalue weighted by Gasteiger charge is 2.33. The fourth-order valence-electron chi connectivity index (χ4n) is 3.48. The number of nitrogens with zero attached hydrogens (tertiary/aromatic N) is 2. The van der Waals surface area contributed by atoms with Gasteiger partial charge in [-0.2, -0.15) is 18.3 Å². The quantitative estimate of drug-likeness (QED) is 0.0945. The van der Waals surface area contributed by atoms with Crippen LogP contribution in [0.25, 0.3) is 0 Å². The van der Waals surface area contributed by atoms with Gasteiger partial charge in [0.25, 0.3) is 5.91 Å². The van der Waals surface area contributed by atoms with Crippen LogP contribution in [0.4, 0.5) is 18.9 Å². The average Bonchev–Trinajstić information content (AvgIpc) is 2.91. The molecule has 10 nitrogen and oxygen atoms in total. The van der Waals surface area contributed by atoms with Crippen molar-refractivity contribution >= 4 is 40.4 Å². The summed E-state index contributed by atoms with van der Waals surface area (Å²) in [7, 11) is 0. The van der Waals surface area contributed by atoms with E-state index in [0.29, 0.717) is 51.5 Å². The van der Waals surface area contributed by atoms with Crippen LogP contribution in [0.3, 0.4) is 0 Å². The van der Waals surface area contributed by atoms with Crippen molar-refractivity contribution in [3.05, 3.63) is 78.9 Å². The number of benzene rings is 3. The number of nitrogens with one attached hydrogen (secondary N) is 1. The van der Waals surface area contributed by atoms with Crippen LogP contribution in [0, 0.1) is 13.7 Å². The van der Waals surface area contributed by atoms with Gasteiger partial charge >= 0.3 is 11.9 Å². The van der Waals surface area contributed by atoms with Gasteiger partial charge < -0.3 is 18.9 Å². The molecule has 0 aromatic heterocycles. The first-order valence-corrected chi connectivity index (χ1v) is 13.3. The summed E-state index contributed by atoms with van der Waals surface area (Å²) in [4.78, 5) is 23.2. The third-order valence-electron chi connectivity index (χ3n) is 5.21. The summed E-state index contributed by atoms with van der Waals surface area (Å²) in [6.07, 6.45) is -3.41. The number of hydrogen-bond donors (Lipinski definition) is 1. The van der Waals surface area contributed by atoms with Gasteiger partial charge in [0.2, 0.25) is 5.75 Å². The molecule has 0 saturated heterocycles. The number of alkyl halides is 3. The van der Waals surface area contributed by atoms with E-state index in [4.69, 9.17) is 18.9 Å². The fourth-order valence-corrected chi connectivity index (χ4v) is 4.21. The van der Waals surface area contributed by atoms with Crippen LogP contribution in [-0.4, -0.2) is 36.9 Å². The maximum atomic E-state index is 13.1. The van der Waals surface area contributed by atoms with E-state index in [9.17, 15) is 28.1 Å². The normalized spacial score (nSPS) is 11.3. The predicted molar refractivity (Wildman–Crippen MR) is 152 cm³/mol. The number of nitro groups is 1. The zero-order valence-electron chi connectivity index (χ0n) is 22.1. The summed E-state index contributed by atoms with van der Waals surface area (Å²) in [6, 6.07) is 9.84. The van der Waals surface area contributed by atoms with Gasteiger partial charge in [0.1, 0.15) is 0 Å². The molecule has 3 aromatic carbocycles. The summed E-state index contributed by atoms with van der Waals surface area (Å²) in [5.74, 6) is 0.266. The molecular weight excluding hydrogens is 662 g/mol. The van der Waals surface area contributed by atoms with E-state index in [1.54, 1.807) is 31.2 Å². The molecule has 1 N–H and O–H groups in total. The third-order valence-corrected chi connectivity index (χ3v) is 6.01. The molecule has 3 rings (SSSR count). The first kappa shape index (κ1) is 31.4. The highest BCUT2D eigenvalue weighted by Crippen LogP contribution is 2.42. The van der Waals surface area contributed by atoms with Gasteiger partial charge in [-0.05, 0) is 91.4 Å². The highest BCUT2D eigenvalue weighted by molar-refractivity contribution is 14.1. The number of rotatable bonds is 12. The SMILES string of the molecule is CCOc1ccc(C(=O)N/N=C/c2cc(I)c(Oc3ccc(C(F)(F)F)cc3[N+](=O)[O-])c(OCC)c2)cc1OCC. The van der Waals surface area contributed by atoms with Gasteiger partial charge in [-0.25, -0.2) is 5.43 Å². The molecule has 218 valence electrons. The smallest absolute Gasteiger partial charge is 0.416 e. The first-order valence-electron chi connectivity index (χ1n) is 12.2. The van der Waals surface area contributed by atoms with Crippen LogP contribution < -0.4 is 24.4 Å². The topological polar surface area (TPSA) is 122 Å². The van der Waals surface area contributed by atoms with E-state index >= 15 is 0 Å². The minimum atomic E-state index is -4.76. The van der Waals surface area contributed by atoms with Gasteiger partial charge in [0, 0.05) is 11.6 Å². The van der Waals surface area contributed by atoms with Crippen molar-refractivity contribution in [1.82, 2.24) is 5.43 Å². The molecule has 0 bridgehead atoms. The first-order chi connectivity index (χ1) is 19.5. The second kappa shape index (κ2) is 14.0. The molecule has 41 heavy (non-hydrogen) atoms. The van der Waals surface area contributed by atoms with Crippen molar-refractivity contribution in [3.8, 4) is 28.7 Å². The predicted octanol–water partition coefficient (Wildman–Crippen LogP) is 6.97. The molecule has 3 aromatic rings. The zero-order valence-corrected chi connectivity index (χ0v) is 24.2. The van der Waals surface area contributed by atoms with Gasteiger partial charge in [-0.15, -0.1) is 0 Å². The number of hydrazone groups is 1. The molecule has 0 aliphatic heterocycles. The lowest BCUT2D eigenvalue weighted by atomic mass is 10.1.